The van der Waals surface area contributed by atoms with Gasteiger partial charge in [0.25, 0.3) is 0 Å². The Kier molecular flexibility index (Phi) is 3.33. The van der Waals surface area contributed by atoms with Crippen LogP contribution in [0.2, 0.25) is 0 Å². The van der Waals surface area contributed by atoms with E-state index >= 15 is 0 Å². The normalized spacial score (nSPS) is 20.5. The zero-order valence-electron chi connectivity index (χ0n) is 12.3. The summed E-state index contributed by atoms with van der Waals surface area (Å²) in [4.78, 5) is 25.0. The molecule has 5 nitrogen and oxygen atoms in total. The summed E-state index contributed by atoms with van der Waals surface area (Å²) in [5, 5.41) is 0.994. The fourth-order valence-electron chi connectivity index (χ4n) is 3.38. The Bertz CT molecular complexity index is 767. The molecule has 4 rings (SSSR count). The number of hydrogen-bond acceptors (Lipinski definition) is 5. The molecule has 114 valence electrons. The number of carbonyl (C=O) groups excluding carboxylic acids is 1. The van der Waals surface area contributed by atoms with Crippen LogP contribution in [0.15, 0.2) is 18.5 Å². The van der Waals surface area contributed by atoms with E-state index in [1.54, 1.807) is 11.3 Å². The number of anilines is 1. The van der Waals surface area contributed by atoms with Crippen LogP contribution in [-0.4, -0.2) is 27.3 Å². The molecule has 2 aromatic rings. The molecule has 1 aliphatic carbocycles. The van der Waals surface area contributed by atoms with Crippen LogP contribution < -0.4 is 5.73 Å². The van der Waals surface area contributed by atoms with Crippen molar-refractivity contribution in [3.8, 4) is 0 Å². The maximum Gasteiger partial charge on any atom is 0.223 e. The van der Waals surface area contributed by atoms with E-state index in [-0.39, 0.29) is 5.91 Å². The second kappa shape index (κ2) is 5.35. The SMILES string of the molecule is Nc1ncnc2sc3c(c12)CCN(C(=O)C[C@H]1C=CCC1)C3. The molecular weight excluding hydrogens is 296 g/mol. The minimum atomic E-state index is 0.263. The van der Waals surface area contributed by atoms with E-state index in [1.165, 1.54) is 16.8 Å². The summed E-state index contributed by atoms with van der Waals surface area (Å²) in [7, 11) is 0. The van der Waals surface area contributed by atoms with Gasteiger partial charge in [-0.15, -0.1) is 11.3 Å². The number of carbonyl (C=O) groups is 1. The third-order valence-corrected chi connectivity index (χ3v) is 5.69. The van der Waals surface area contributed by atoms with Gasteiger partial charge in [-0.1, -0.05) is 12.2 Å². The lowest BCUT2D eigenvalue weighted by molar-refractivity contribution is -0.132. The lowest BCUT2D eigenvalue weighted by Crippen LogP contribution is -2.36. The van der Waals surface area contributed by atoms with E-state index in [2.05, 4.69) is 22.1 Å². The highest BCUT2D eigenvalue weighted by Crippen LogP contribution is 2.36. The predicted molar refractivity (Wildman–Crippen MR) is 87.4 cm³/mol. The molecule has 0 fully saturated rings. The monoisotopic (exact) mass is 314 g/mol. The van der Waals surface area contributed by atoms with Crippen molar-refractivity contribution >= 4 is 33.3 Å². The average molecular weight is 314 g/mol. The largest absolute Gasteiger partial charge is 0.383 e. The van der Waals surface area contributed by atoms with Gasteiger partial charge in [-0.25, -0.2) is 9.97 Å². The van der Waals surface area contributed by atoms with E-state index in [1.807, 2.05) is 4.90 Å². The van der Waals surface area contributed by atoms with Crippen LogP contribution in [-0.2, 0) is 17.8 Å². The zero-order valence-corrected chi connectivity index (χ0v) is 13.1. The number of nitrogens with two attached hydrogens (primary N) is 1. The molecule has 1 amide bonds. The van der Waals surface area contributed by atoms with E-state index in [0.717, 1.165) is 36.0 Å². The molecule has 0 bridgehead atoms. The highest BCUT2D eigenvalue weighted by atomic mass is 32.1. The zero-order chi connectivity index (χ0) is 15.1. The van der Waals surface area contributed by atoms with Crippen molar-refractivity contribution in [2.75, 3.05) is 12.3 Å². The minimum Gasteiger partial charge on any atom is -0.383 e. The van der Waals surface area contributed by atoms with Gasteiger partial charge >= 0.3 is 0 Å². The molecule has 2 aliphatic rings. The van der Waals surface area contributed by atoms with Crippen molar-refractivity contribution in [3.05, 3.63) is 28.9 Å². The first-order chi connectivity index (χ1) is 10.7. The molecule has 0 spiro atoms. The third-order valence-electron chi connectivity index (χ3n) is 4.57. The van der Waals surface area contributed by atoms with Crippen molar-refractivity contribution in [2.24, 2.45) is 5.92 Å². The summed E-state index contributed by atoms with van der Waals surface area (Å²) < 4.78 is 0. The van der Waals surface area contributed by atoms with Crippen molar-refractivity contribution in [1.29, 1.82) is 0 Å². The number of nitrogens with zero attached hydrogens (tertiary/aromatic N) is 3. The Morgan fingerprint density at radius 2 is 2.36 bits per heavy atom. The number of aromatic nitrogens is 2. The number of amides is 1. The number of hydrogen-bond donors (Lipinski definition) is 1. The molecule has 2 N–H and O–H groups in total. The van der Waals surface area contributed by atoms with Crippen LogP contribution in [0.4, 0.5) is 5.82 Å². The number of rotatable bonds is 2. The van der Waals surface area contributed by atoms with Crippen LogP contribution >= 0.6 is 11.3 Å². The quantitative estimate of drug-likeness (QED) is 0.865. The Morgan fingerprint density at radius 3 is 3.18 bits per heavy atom. The molecule has 0 aromatic carbocycles. The van der Waals surface area contributed by atoms with Crippen LogP contribution in [0.5, 0.6) is 0 Å². The first kappa shape index (κ1) is 13.7. The van der Waals surface area contributed by atoms with Gasteiger partial charge in [-0.3, -0.25) is 4.79 Å². The van der Waals surface area contributed by atoms with Gasteiger partial charge in [0.2, 0.25) is 5.91 Å². The molecule has 2 aromatic heterocycles. The molecule has 22 heavy (non-hydrogen) atoms. The van der Waals surface area contributed by atoms with Gasteiger partial charge in [-0.2, -0.15) is 0 Å². The smallest absolute Gasteiger partial charge is 0.223 e. The van der Waals surface area contributed by atoms with Gasteiger partial charge in [0.15, 0.2) is 0 Å². The molecule has 3 heterocycles. The first-order valence-corrected chi connectivity index (χ1v) is 8.49. The Hall–Kier alpha value is -1.95. The molecule has 1 atom stereocenters. The Morgan fingerprint density at radius 1 is 1.45 bits per heavy atom. The van der Waals surface area contributed by atoms with Crippen molar-refractivity contribution in [2.45, 2.75) is 32.2 Å². The summed E-state index contributed by atoms with van der Waals surface area (Å²) in [6, 6.07) is 0. The predicted octanol–water partition coefficient (Wildman–Crippen LogP) is 2.51. The highest BCUT2D eigenvalue weighted by Gasteiger charge is 2.27. The average Bonchev–Trinajstić information content (AvgIpc) is 3.13. The number of nitrogen functional groups attached to an aromatic ring is 1. The standard InChI is InChI=1S/C16H18N4OS/c17-15-14-11-5-6-20(13(21)7-10-3-1-2-4-10)8-12(11)22-16(14)19-9-18-15/h1,3,9-10H,2,4-8H2,(H2,17,18,19)/t10-/m0/s1. The van der Waals surface area contributed by atoms with E-state index in [0.29, 0.717) is 24.7 Å². The van der Waals surface area contributed by atoms with Crippen molar-refractivity contribution in [3.63, 3.8) is 0 Å². The van der Waals surface area contributed by atoms with Crippen LogP contribution in [0.3, 0.4) is 0 Å². The van der Waals surface area contributed by atoms with Gasteiger partial charge < -0.3 is 10.6 Å². The summed E-state index contributed by atoms with van der Waals surface area (Å²) >= 11 is 1.64. The fourth-order valence-corrected chi connectivity index (χ4v) is 4.59. The van der Waals surface area contributed by atoms with Crippen molar-refractivity contribution < 1.29 is 4.79 Å². The number of allylic oxidation sites excluding steroid dienone is 2. The summed E-state index contributed by atoms with van der Waals surface area (Å²) in [5.41, 5.74) is 7.23. The topological polar surface area (TPSA) is 72.1 Å². The molecule has 1 aliphatic heterocycles. The van der Waals surface area contributed by atoms with Crippen molar-refractivity contribution in [1.82, 2.24) is 14.9 Å². The maximum absolute atomic E-state index is 12.5. The summed E-state index contributed by atoms with van der Waals surface area (Å²) in [6.45, 7) is 1.45. The molecule has 0 radical (unpaired) electrons. The maximum atomic E-state index is 12.5. The van der Waals surface area contributed by atoms with E-state index < -0.39 is 0 Å². The summed E-state index contributed by atoms with van der Waals surface area (Å²) in [6.07, 6.45) is 9.58. The van der Waals surface area contributed by atoms with E-state index in [9.17, 15) is 4.79 Å². The lowest BCUT2D eigenvalue weighted by Gasteiger charge is -2.28. The van der Waals surface area contributed by atoms with Gasteiger partial charge in [0, 0.05) is 17.8 Å². The highest BCUT2D eigenvalue weighted by molar-refractivity contribution is 7.19. The third kappa shape index (κ3) is 2.27. The molecule has 0 saturated heterocycles. The number of thiophene rings is 1. The fraction of sp³-hybridized carbons (Fsp3) is 0.438. The Balaban J connectivity index is 1.56. The molecule has 6 heteroatoms. The number of fused-ring (bicyclic) bond motifs is 3. The van der Waals surface area contributed by atoms with Crippen LogP contribution in [0.25, 0.3) is 10.2 Å². The molecule has 0 saturated carbocycles. The van der Waals surface area contributed by atoms with Gasteiger partial charge in [0.1, 0.15) is 17.0 Å². The van der Waals surface area contributed by atoms with Gasteiger partial charge in [-0.05, 0) is 30.7 Å². The van der Waals surface area contributed by atoms with E-state index in [4.69, 9.17) is 5.73 Å². The Labute approximate surface area is 132 Å². The minimum absolute atomic E-state index is 0.263. The first-order valence-electron chi connectivity index (χ1n) is 7.67. The van der Waals surface area contributed by atoms with Crippen LogP contribution in [0, 0.1) is 5.92 Å². The summed E-state index contributed by atoms with van der Waals surface area (Å²) in [5.74, 6) is 1.25. The lowest BCUT2D eigenvalue weighted by atomic mass is 10.0. The molecular formula is C16H18N4OS. The van der Waals surface area contributed by atoms with Crippen LogP contribution in [0.1, 0.15) is 29.7 Å². The second-order valence-corrected chi connectivity index (χ2v) is 7.06. The molecule has 0 unspecified atom stereocenters. The van der Waals surface area contributed by atoms with Gasteiger partial charge in [0.05, 0.1) is 11.9 Å². The second-order valence-electron chi connectivity index (χ2n) is 5.98.